The van der Waals surface area contributed by atoms with Crippen LogP contribution < -0.4 is 5.32 Å². The summed E-state index contributed by atoms with van der Waals surface area (Å²) in [7, 11) is 0. The van der Waals surface area contributed by atoms with Crippen LogP contribution in [0.1, 0.15) is 104 Å². The number of benzene rings is 1. The number of hydrogen-bond acceptors (Lipinski definition) is 11. The molecule has 2 bridgehead atoms. The van der Waals surface area contributed by atoms with Crippen molar-refractivity contribution in [3.63, 3.8) is 0 Å². The average molecular weight is 737 g/mol. The molecule has 3 aliphatic carbocycles. The molecule has 3 saturated carbocycles. The predicted molar refractivity (Wildman–Crippen MR) is 191 cm³/mol. The third kappa shape index (κ3) is 6.65. The van der Waals surface area contributed by atoms with Gasteiger partial charge in [-0.2, -0.15) is 5.06 Å². The molecule has 0 spiro atoms. The first-order valence-electron chi connectivity index (χ1n) is 19.6. The first-order chi connectivity index (χ1) is 25.1. The molecule has 2 N–H and O–H groups in total. The van der Waals surface area contributed by atoms with Crippen LogP contribution in [0.25, 0.3) is 6.08 Å². The highest BCUT2D eigenvalue weighted by Gasteiger charge is 2.74. The first kappa shape index (κ1) is 37.1. The number of epoxide rings is 1. The molecule has 4 aliphatic heterocycles. The van der Waals surface area contributed by atoms with Gasteiger partial charge in [-0.05, 0) is 94.6 Å². The number of ether oxygens (including phenoxy) is 5. The number of hydroxylamine groups is 2. The maximum absolute atomic E-state index is 14.6. The summed E-state index contributed by atoms with van der Waals surface area (Å²) in [4.78, 5) is 47.8. The van der Waals surface area contributed by atoms with E-state index in [2.05, 4.69) is 44.3 Å². The second-order valence-corrected chi connectivity index (χ2v) is 18.4. The molecule has 0 aromatic heterocycles. The number of esters is 2. The van der Waals surface area contributed by atoms with Gasteiger partial charge >= 0.3 is 11.9 Å². The number of rotatable bonds is 9. The molecule has 4 saturated heterocycles. The SMILES string of the molecule is CC(C)(C)OC(=O)CCC(CO)NC(=O)C12CC3OC(=O)C1N(Cc1ccccc1C=C1CCC4OC4(C)CCC4C1CC4(C)C)OC2C1OCOC31. The van der Waals surface area contributed by atoms with Crippen molar-refractivity contribution in [2.75, 3.05) is 13.4 Å². The Kier molecular flexibility index (Phi) is 9.38. The summed E-state index contributed by atoms with van der Waals surface area (Å²) in [6.07, 6.45) is 5.70. The zero-order chi connectivity index (χ0) is 37.5. The number of carbonyl (C=O) groups is 3. The van der Waals surface area contributed by atoms with Gasteiger partial charge in [0.1, 0.15) is 42.2 Å². The van der Waals surface area contributed by atoms with E-state index in [-0.39, 0.29) is 43.6 Å². The predicted octanol–water partition coefficient (Wildman–Crippen LogP) is 4.60. The lowest BCUT2D eigenvalue weighted by molar-refractivity contribution is -0.201. The van der Waals surface area contributed by atoms with Gasteiger partial charge in [0.2, 0.25) is 5.91 Å². The molecule has 12 nitrogen and oxygen atoms in total. The molecular formula is C41H56N2O10. The molecule has 4 heterocycles. The summed E-state index contributed by atoms with van der Waals surface area (Å²) in [6.45, 7) is 12.3. The number of nitrogens with one attached hydrogen (secondary N) is 1. The third-order valence-electron chi connectivity index (χ3n) is 13.3. The number of aliphatic hydroxyl groups is 1. The fourth-order valence-electron chi connectivity index (χ4n) is 10.4. The van der Waals surface area contributed by atoms with Crippen molar-refractivity contribution in [1.29, 1.82) is 0 Å². The van der Waals surface area contributed by atoms with Crippen molar-refractivity contribution in [3.05, 3.63) is 41.0 Å². The highest BCUT2D eigenvalue weighted by atomic mass is 16.8. The molecule has 1 amide bonds. The second-order valence-electron chi connectivity index (χ2n) is 18.4. The van der Waals surface area contributed by atoms with E-state index in [1.807, 2.05) is 12.1 Å². The van der Waals surface area contributed by atoms with Crippen molar-refractivity contribution in [3.8, 4) is 0 Å². The van der Waals surface area contributed by atoms with E-state index in [1.165, 1.54) is 5.57 Å². The van der Waals surface area contributed by atoms with Crippen molar-refractivity contribution in [1.82, 2.24) is 10.4 Å². The number of aliphatic hydroxyl groups excluding tert-OH is 1. The Labute approximate surface area is 312 Å². The molecule has 290 valence electrons. The van der Waals surface area contributed by atoms with E-state index in [0.29, 0.717) is 17.9 Å². The van der Waals surface area contributed by atoms with Gasteiger partial charge in [-0.3, -0.25) is 19.2 Å². The Balaban J connectivity index is 1.07. The molecule has 12 heteroatoms. The molecule has 0 radical (unpaired) electrons. The number of fused-ring (bicyclic) bond motifs is 6. The number of nitrogens with zero attached hydrogens (tertiary/aromatic N) is 1. The summed E-state index contributed by atoms with van der Waals surface area (Å²) in [5.74, 6) is -0.296. The minimum atomic E-state index is -1.37. The summed E-state index contributed by atoms with van der Waals surface area (Å²) in [5, 5.41) is 14.9. The summed E-state index contributed by atoms with van der Waals surface area (Å²) < 4.78 is 29.5. The zero-order valence-electron chi connectivity index (χ0n) is 31.9. The smallest absolute Gasteiger partial charge is 0.327 e. The van der Waals surface area contributed by atoms with E-state index >= 15 is 0 Å². The average Bonchev–Trinajstić information content (AvgIpc) is 3.38. The van der Waals surface area contributed by atoms with Crippen LogP contribution in [0.3, 0.4) is 0 Å². The van der Waals surface area contributed by atoms with Crippen LogP contribution in [0.5, 0.6) is 0 Å². The molecule has 7 aliphatic rings. The molecule has 11 atom stereocenters. The molecule has 11 unspecified atom stereocenters. The van der Waals surface area contributed by atoms with Crippen LogP contribution in [0.4, 0.5) is 0 Å². The minimum Gasteiger partial charge on any atom is -0.460 e. The quantitative estimate of drug-likeness (QED) is 0.271. The van der Waals surface area contributed by atoms with Gasteiger partial charge in [-0.15, -0.1) is 0 Å². The van der Waals surface area contributed by atoms with Gasteiger partial charge < -0.3 is 34.1 Å². The van der Waals surface area contributed by atoms with E-state index < -0.39 is 72.0 Å². The monoisotopic (exact) mass is 736 g/mol. The highest BCUT2D eigenvalue weighted by Crippen LogP contribution is 2.60. The molecular weight excluding hydrogens is 680 g/mol. The lowest BCUT2D eigenvalue weighted by Gasteiger charge is -2.53. The number of allylic oxidation sites excluding steroid dienone is 1. The Hall–Kier alpha value is -2.87. The number of hydrogen-bond donors (Lipinski definition) is 2. The van der Waals surface area contributed by atoms with Crippen LogP contribution in [-0.4, -0.2) is 95.2 Å². The summed E-state index contributed by atoms with van der Waals surface area (Å²) in [5.41, 5.74) is 1.75. The number of amides is 1. The maximum Gasteiger partial charge on any atom is 0.327 e. The summed E-state index contributed by atoms with van der Waals surface area (Å²) >= 11 is 0. The van der Waals surface area contributed by atoms with Crippen molar-refractivity contribution in [2.45, 2.75) is 153 Å². The lowest BCUT2D eigenvalue weighted by atomic mass is 9.52. The minimum absolute atomic E-state index is 0.00117. The van der Waals surface area contributed by atoms with E-state index in [9.17, 15) is 19.5 Å². The first-order valence-corrected chi connectivity index (χ1v) is 19.6. The molecule has 8 rings (SSSR count). The Bertz CT molecular complexity index is 1650. The maximum atomic E-state index is 14.6. The van der Waals surface area contributed by atoms with E-state index in [4.69, 9.17) is 28.5 Å². The van der Waals surface area contributed by atoms with Gasteiger partial charge in [0.05, 0.1) is 30.9 Å². The van der Waals surface area contributed by atoms with Crippen molar-refractivity contribution < 1.29 is 48.0 Å². The van der Waals surface area contributed by atoms with Crippen LogP contribution in [0.2, 0.25) is 0 Å². The van der Waals surface area contributed by atoms with Gasteiger partial charge in [0, 0.05) is 12.8 Å². The Morgan fingerprint density at radius 1 is 1.11 bits per heavy atom. The Morgan fingerprint density at radius 3 is 2.64 bits per heavy atom. The fraction of sp³-hybridized carbons (Fsp3) is 0.732. The van der Waals surface area contributed by atoms with Gasteiger partial charge in [0.25, 0.3) is 0 Å². The van der Waals surface area contributed by atoms with Gasteiger partial charge in [-0.1, -0.05) is 49.8 Å². The standard InChI is InChI=1S/C41H56N2O10/c1-38(2,3)52-31(45)14-12-26(21-44)42-37(47)41-19-29-32-33(49-22-48-32)35(41)53-43(34(41)36(46)50-29)20-25-10-8-7-9-23(25)17-24-11-13-30-40(6,51-30)16-15-28-27(24)18-39(28,4)5/h7-10,17,26-30,32-35,44H,11-16,18-22H2,1-6H3,(H,42,47). The van der Waals surface area contributed by atoms with Crippen LogP contribution >= 0.6 is 0 Å². The third-order valence-corrected chi connectivity index (χ3v) is 13.3. The van der Waals surface area contributed by atoms with Crippen LogP contribution in [-0.2, 0) is 49.5 Å². The normalized spacial score (nSPS) is 39.6. The van der Waals surface area contributed by atoms with Crippen molar-refractivity contribution in [2.24, 2.45) is 22.7 Å². The fourth-order valence-corrected chi connectivity index (χ4v) is 10.4. The lowest BCUT2D eigenvalue weighted by Crippen LogP contribution is -2.70. The number of carbonyl (C=O) groups excluding carboxylic acids is 3. The molecule has 7 fully saturated rings. The topological polar surface area (TPSA) is 145 Å². The van der Waals surface area contributed by atoms with Crippen LogP contribution in [0, 0.1) is 22.7 Å². The van der Waals surface area contributed by atoms with Crippen LogP contribution in [0.15, 0.2) is 29.8 Å². The molecule has 1 aromatic carbocycles. The second kappa shape index (κ2) is 13.4. The largest absolute Gasteiger partial charge is 0.460 e. The molecule has 53 heavy (non-hydrogen) atoms. The zero-order valence-corrected chi connectivity index (χ0v) is 31.9. The van der Waals surface area contributed by atoms with E-state index in [1.54, 1.807) is 25.8 Å². The summed E-state index contributed by atoms with van der Waals surface area (Å²) in [6, 6.07) is 6.38. The van der Waals surface area contributed by atoms with Gasteiger partial charge in [-0.25, -0.2) is 0 Å². The van der Waals surface area contributed by atoms with Gasteiger partial charge in [0.15, 0.2) is 6.04 Å². The highest BCUT2D eigenvalue weighted by molar-refractivity contribution is 5.93. The van der Waals surface area contributed by atoms with Crippen molar-refractivity contribution >= 4 is 23.9 Å². The molecule has 1 aromatic rings. The Morgan fingerprint density at radius 2 is 1.89 bits per heavy atom. The van der Waals surface area contributed by atoms with E-state index in [0.717, 1.165) is 43.2 Å².